The summed E-state index contributed by atoms with van der Waals surface area (Å²) in [5, 5.41) is 31.1. The van der Waals surface area contributed by atoms with Gasteiger partial charge in [-0.15, -0.1) is 10.2 Å². The first-order valence-corrected chi connectivity index (χ1v) is 6.27. The quantitative estimate of drug-likeness (QED) is 0.711. The van der Waals surface area contributed by atoms with Gasteiger partial charge in [0.05, 0.1) is 15.7 Å². The van der Waals surface area contributed by atoms with E-state index in [2.05, 4.69) is 20.4 Å². The van der Waals surface area contributed by atoms with E-state index in [9.17, 15) is 10.2 Å². The fourth-order valence-electron chi connectivity index (χ4n) is 1.72. The molecule has 3 rings (SSSR count). The maximum absolute atomic E-state index is 10.2. The molecule has 102 valence electrons. The average molecular weight is 333 g/mol. The van der Waals surface area contributed by atoms with Crippen molar-refractivity contribution in [3.63, 3.8) is 0 Å². The number of aromatic nitrogens is 5. The Hall–Kier alpha value is -1.83. The van der Waals surface area contributed by atoms with Crippen molar-refractivity contribution in [2.24, 2.45) is 0 Å². The third-order valence-corrected chi connectivity index (χ3v) is 3.33. The first-order valence-electron chi connectivity index (χ1n) is 5.13. The minimum absolute atomic E-state index is 0.00235. The lowest BCUT2D eigenvalue weighted by atomic mass is 10.3. The zero-order valence-electron chi connectivity index (χ0n) is 9.42. The number of fused-ring (bicyclic) bond motifs is 1. The molecule has 2 aliphatic heterocycles. The lowest BCUT2D eigenvalue weighted by molar-refractivity contribution is 0.374. The van der Waals surface area contributed by atoms with Crippen LogP contribution in [0.2, 0.25) is 15.1 Å². The first-order chi connectivity index (χ1) is 9.49. The van der Waals surface area contributed by atoms with Gasteiger partial charge in [-0.25, -0.2) is 4.57 Å². The highest BCUT2D eigenvalue weighted by Crippen LogP contribution is 2.39. The standard InChI is InChI=1S/C10H4Cl3N5O2/c11-3-1-4(12)7(5(13)2-3)18-9(19)6-8(14-10(18)20)16-17-15-6/h1-2,19H,(H,14,15,16,20). The Morgan fingerprint density at radius 1 is 1.00 bits per heavy atom. The van der Waals surface area contributed by atoms with Crippen molar-refractivity contribution < 1.29 is 10.2 Å². The number of hydrogen-bond donors (Lipinski definition) is 2. The fraction of sp³-hybridized carbons (Fsp3) is 0. The number of halogens is 3. The molecule has 2 heterocycles. The number of aromatic hydroxyl groups is 2. The first kappa shape index (κ1) is 13.2. The molecule has 20 heavy (non-hydrogen) atoms. The Morgan fingerprint density at radius 3 is 2.30 bits per heavy atom. The second-order valence-corrected chi connectivity index (χ2v) is 5.00. The van der Waals surface area contributed by atoms with E-state index in [0.29, 0.717) is 5.02 Å². The number of nitrogens with zero attached hydrogens (tertiary/aromatic N) is 5. The summed E-state index contributed by atoms with van der Waals surface area (Å²) in [4.78, 5) is 3.75. The molecule has 0 saturated carbocycles. The molecule has 0 fully saturated rings. The van der Waals surface area contributed by atoms with E-state index in [4.69, 9.17) is 34.8 Å². The molecule has 0 amide bonds. The van der Waals surface area contributed by atoms with Crippen LogP contribution in [0.15, 0.2) is 12.1 Å². The molecular weight excluding hydrogens is 329 g/mol. The monoisotopic (exact) mass is 331 g/mol. The van der Waals surface area contributed by atoms with Crippen molar-refractivity contribution in [2.45, 2.75) is 0 Å². The fourth-order valence-corrected chi connectivity index (χ4v) is 2.71. The van der Waals surface area contributed by atoms with Crippen LogP contribution in [0.4, 0.5) is 0 Å². The predicted octanol–water partition coefficient (Wildman–Crippen LogP) is 2.53. The van der Waals surface area contributed by atoms with Gasteiger partial charge in [-0.3, -0.25) is 0 Å². The molecule has 0 aliphatic carbocycles. The van der Waals surface area contributed by atoms with Gasteiger partial charge in [0, 0.05) is 5.02 Å². The Balaban J connectivity index is 2.39. The van der Waals surface area contributed by atoms with E-state index in [1.165, 1.54) is 12.1 Å². The Bertz CT molecular complexity index is 768. The van der Waals surface area contributed by atoms with Crippen LogP contribution >= 0.6 is 34.8 Å². The summed E-state index contributed by atoms with van der Waals surface area (Å²) in [6, 6.07) is 2.26. The SMILES string of the molecule is Oc1nc2nnnc-2c(O)n1-c1c(Cl)cc(Cl)cc1Cl. The highest BCUT2D eigenvalue weighted by atomic mass is 35.5. The van der Waals surface area contributed by atoms with Crippen LogP contribution in [-0.2, 0) is 0 Å². The van der Waals surface area contributed by atoms with E-state index >= 15 is 0 Å². The van der Waals surface area contributed by atoms with Gasteiger partial charge in [-0.1, -0.05) is 34.8 Å². The molecule has 10 heteroatoms. The van der Waals surface area contributed by atoms with Gasteiger partial charge in [0.2, 0.25) is 11.7 Å². The summed E-state index contributed by atoms with van der Waals surface area (Å²) in [5.41, 5.74) is 0.120. The van der Waals surface area contributed by atoms with Crippen LogP contribution in [0.5, 0.6) is 11.9 Å². The lowest BCUT2D eigenvalue weighted by Crippen LogP contribution is -2.04. The minimum atomic E-state index is -0.566. The minimum Gasteiger partial charge on any atom is -0.492 e. The van der Waals surface area contributed by atoms with E-state index < -0.39 is 11.9 Å². The zero-order chi connectivity index (χ0) is 14.4. The smallest absolute Gasteiger partial charge is 0.303 e. The molecule has 2 N–H and O–H groups in total. The van der Waals surface area contributed by atoms with E-state index in [0.717, 1.165) is 4.57 Å². The van der Waals surface area contributed by atoms with Crippen molar-refractivity contribution in [1.29, 1.82) is 0 Å². The molecule has 1 aromatic carbocycles. The Morgan fingerprint density at radius 2 is 1.65 bits per heavy atom. The van der Waals surface area contributed by atoms with Crippen LogP contribution in [0.3, 0.4) is 0 Å². The van der Waals surface area contributed by atoms with Crippen molar-refractivity contribution in [3.8, 4) is 29.1 Å². The summed E-state index contributed by atoms with van der Waals surface area (Å²) in [5.74, 6) is -0.443. The number of benzene rings is 1. The molecule has 0 saturated heterocycles. The summed E-state index contributed by atoms with van der Waals surface area (Å²) >= 11 is 17.9. The van der Waals surface area contributed by atoms with Crippen molar-refractivity contribution in [3.05, 3.63) is 27.2 Å². The van der Waals surface area contributed by atoms with Gasteiger partial charge in [0.25, 0.3) is 0 Å². The molecule has 0 atom stereocenters. The normalized spacial score (nSPS) is 11.2. The summed E-state index contributed by atoms with van der Waals surface area (Å²) in [7, 11) is 0. The van der Waals surface area contributed by atoms with Gasteiger partial charge in [0.15, 0.2) is 5.69 Å². The largest absolute Gasteiger partial charge is 0.492 e. The average Bonchev–Trinajstić information content (AvgIpc) is 2.80. The summed E-state index contributed by atoms with van der Waals surface area (Å²) in [6.45, 7) is 0. The molecule has 1 aromatic rings. The van der Waals surface area contributed by atoms with Crippen LogP contribution in [0.25, 0.3) is 17.2 Å². The lowest BCUT2D eigenvalue weighted by Gasteiger charge is -2.15. The highest BCUT2D eigenvalue weighted by Gasteiger charge is 2.25. The van der Waals surface area contributed by atoms with Crippen LogP contribution in [0.1, 0.15) is 0 Å². The molecule has 0 spiro atoms. The van der Waals surface area contributed by atoms with Gasteiger partial charge in [-0.05, 0) is 17.3 Å². The Kier molecular flexibility index (Phi) is 3.04. The van der Waals surface area contributed by atoms with E-state index in [-0.39, 0.29) is 27.3 Å². The predicted molar refractivity (Wildman–Crippen MR) is 71.9 cm³/mol. The molecular formula is C10H4Cl3N5O2. The van der Waals surface area contributed by atoms with Crippen molar-refractivity contribution >= 4 is 34.8 Å². The van der Waals surface area contributed by atoms with Gasteiger partial charge in [-0.2, -0.15) is 4.98 Å². The highest BCUT2D eigenvalue weighted by molar-refractivity contribution is 6.40. The zero-order valence-corrected chi connectivity index (χ0v) is 11.7. The second-order valence-electron chi connectivity index (χ2n) is 3.75. The maximum Gasteiger partial charge on any atom is 0.303 e. The third-order valence-electron chi connectivity index (χ3n) is 2.53. The molecule has 7 nitrogen and oxygen atoms in total. The molecule has 0 bridgehead atoms. The Labute approximate surface area is 126 Å². The van der Waals surface area contributed by atoms with Crippen LogP contribution in [0, 0.1) is 0 Å². The molecule has 0 unspecified atom stereocenters. The second kappa shape index (κ2) is 4.62. The number of rotatable bonds is 1. The summed E-state index contributed by atoms with van der Waals surface area (Å²) < 4.78 is 0.930. The van der Waals surface area contributed by atoms with Gasteiger partial charge >= 0.3 is 6.01 Å². The van der Waals surface area contributed by atoms with Gasteiger partial charge < -0.3 is 10.2 Å². The third kappa shape index (κ3) is 1.91. The van der Waals surface area contributed by atoms with Crippen molar-refractivity contribution in [2.75, 3.05) is 0 Å². The van der Waals surface area contributed by atoms with Gasteiger partial charge in [0.1, 0.15) is 0 Å². The van der Waals surface area contributed by atoms with E-state index in [1.807, 2.05) is 0 Å². The van der Waals surface area contributed by atoms with Crippen molar-refractivity contribution in [1.82, 2.24) is 25.0 Å². The molecule has 0 aromatic heterocycles. The molecule has 0 radical (unpaired) electrons. The molecule has 2 aliphatic rings. The maximum atomic E-state index is 10.2. The van der Waals surface area contributed by atoms with E-state index in [1.54, 1.807) is 0 Å². The van der Waals surface area contributed by atoms with Crippen LogP contribution in [-0.4, -0.2) is 35.2 Å². The van der Waals surface area contributed by atoms with Crippen LogP contribution < -0.4 is 0 Å². The number of hydrogen-bond acceptors (Lipinski definition) is 6. The topological polar surface area (TPSA) is 97.0 Å². The summed E-state index contributed by atoms with van der Waals surface area (Å²) in [6.07, 6.45) is 0.